The van der Waals surface area contributed by atoms with Gasteiger partial charge in [0.25, 0.3) is 0 Å². The molecule has 6 heteroatoms. The van der Waals surface area contributed by atoms with Gasteiger partial charge in [0.1, 0.15) is 11.4 Å². The molecule has 3 aromatic rings. The van der Waals surface area contributed by atoms with E-state index in [1.54, 1.807) is 7.11 Å². The highest BCUT2D eigenvalue weighted by Crippen LogP contribution is 2.34. The van der Waals surface area contributed by atoms with E-state index in [0.717, 1.165) is 59.7 Å². The molecule has 1 aliphatic heterocycles. The molecule has 0 amide bonds. The second-order valence-corrected chi connectivity index (χ2v) is 6.64. The lowest BCUT2D eigenvalue weighted by molar-refractivity contribution is 0.0905. The van der Waals surface area contributed by atoms with Crippen molar-refractivity contribution in [2.24, 2.45) is 0 Å². The van der Waals surface area contributed by atoms with Crippen LogP contribution in [0.3, 0.4) is 0 Å². The molecule has 25 heavy (non-hydrogen) atoms. The molecule has 0 saturated carbocycles. The van der Waals surface area contributed by atoms with Gasteiger partial charge in [-0.1, -0.05) is 11.6 Å². The minimum absolute atomic E-state index is 0.392. The van der Waals surface area contributed by atoms with Gasteiger partial charge in [-0.25, -0.2) is 0 Å². The van der Waals surface area contributed by atoms with E-state index in [1.165, 1.54) is 0 Å². The largest absolute Gasteiger partial charge is 0.497 e. The van der Waals surface area contributed by atoms with Crippen molar-refractivity contribution < 1.29 is 9.47 Å². The number of halogens is 1. The predicted octanol–water partition coefficient (Wildman–Crippen LogP) is 4.48. The molecule has 0 unspecified atom stereocenters. The van der Waals surface area contributed by atoms with Gasteiger partial charge in [-0.15, -0.1) is 0 Å². The highest BCUT2D eigenvalue weighted by atomic mass is 35.5. The van der Waals surface area contributed by atoms with Crippen molar-refractivity contribution in [1.29, 1.82) is 0 Å². The Balaban J connectivity index is 1.72. The van der Waals surface area contributed by atoms with E-state index in [4.69, 9.17) is 21.1 Å². The predicted molar refractivity (Wildman–Crippen MR) is 101 cm³/mol. The van der Waals surface area contributed by atoms with Gasteiger partial charge in [0.15, 0.2) is 0 Å². The Kier molecular flexibility index (Phi) is 4.51. The molecule has 0 atom stereocenters. The summed E-state index contributed by atoms with van der Waals surface area (Å²) in [5, 5.41) is 13.0. The van der Waals surface area contributed by atoms with Crippen molar-refractivity contribution in [3.63, 3.8) is 0 Å². The number of hydrogen-bond donors (Lipinski definition) is 2. The lowest BCUT2D eigenvalue weighted by atomic mass is 10.1. The zero-order valence-corrected chi connectivity index (χ0v) is 14.8. The third kappa shape index (κ3) is 3.30. The molecule has 0 aliphatic carbocycles. The summed E-state index contributed by atoms with van der Waals surface area (Å²) in [5.41, 5.74) is 3.87. The average molecular weight is 358 g/mol. The third-order valence-corrected chi connectivity index (χ3v) is 4.80. The molecule has 1 aliphatic rings. The Morgan fingerprint density at radius 2 is 1.96 bits per heavy atom. The molecule has 4 rings (SSSR count). The fraction of sp³-hybridized carbons (Fsp3) is 0.316. The van der Waals surface area contributed by atoms with Crippen molar-refractivity contribution >= 4 is 28.2 Å². The summed E-state index contributed by atoms with van der Waals surface area (Å²) in [6, 6.07) is 12.2. The lowest BCUT2D eigenvalue weighted by Crippen LogP contribution is -2.27. The van der Waals surface area contributed by atoms with Crippen molar-refractivity contribution in [1.82, 2.24) is 10.2 Å². The van der Waals surface area contributed by atoms with E-state index in [-0.39, 0.29) is 0 Å². The van der Waals surface area contributed by atoms with Gasteiger partial charge in [-0.05, 0) is 49.2 Å². The van der Waals surface area contributed by atoms with Crippen LogP contribution in [0.1, 0.15) is 12.8 Å². The zero-order chi connectivity index (χ0) is 17.2. The van der Waals surface area contributed by atoms with Crippen molar-refractivity contribution in [2.45, 2.75) is 18.9 Å². The zero-order valence-electron chi connectivity index (χ0n) is 14.0. The Labute approximate surface area is 151 Å². The van der Waals surface area contributed by atoms with Crippen LogP contribution in [0.4, 0.5) is 5.69 Å². The minimum Gasteiger partial charge on any atom is -0.497 e. The molecule has 0 radical (unpaired) electrons. The van der Waals surface area contributed by atoms with Gasteiger partial charge in [-0.2, -0.15) is 5.10 Å². The van der Waals surface area contributed by atoms with E-state index in [2.05, 4.69) is 15.5 Å². The molecule has 2 N–H and O–H groups in total. The monoisotopic (exact) mass is 357 g/mol. The van der Waals surface area contributed by atoms with Crippen molar-refractivity contribution in [3.8, 4) is 17.0 Å². The summed E-state index contributed by atoms with van der Waals surface area (Å²) >= 11 is 6.38. The molecule has 1 aromatic heterocycles. The van der Waals surface area contributed by atoms with Crippen LogP contribution in [0.25, 0.3) is 22.2 Å². The Hall–Kier alpha value is -2.24. The van der Waals surface area contributed by atoms with Crippen molar-refractivity contribution in [2.75, 3.05) is 25.6 Å². The average Bonchev–Trinajstić information content (AvgIpc) is 3.06. The maximum atomic E-state index is 6.38. The van der Waals surface area contributed by atoms with Gasteiger partial charge in [0, 0.05) is 35.2 Å². The number of aromatic nitrogens is 2. The number of hydrogen-bond acceptors (Lipinski definition) is 4. The first-order valence-electron chi connectivity index (χ1n) is 8.41. The van der Waals surface area contributed by atoms with Gasteiger partial charge in [0.05, 0.1) is 18.3 Å². The highest BCUT2D eigenvalue weighted by Gasteiger charge is 2.17. The first-order valence-corrected chi connectivity index (χ1v) is 8.79. The third-order valence-electron chi connectivity index (χ3n) is 4.58. The fourth-order valence-corrected chi connectivity index (χ4v) is 3.45. The van der Waals surface area contributed by atoms with Crippen LogP contribution in [0.5, 0.6) is 5.75 Å². The molecule has 0 spiro atoms. The summed E-state index contributed by atoms with van der Waals surface area (Å²) in [7, 11) is 1.66. The second kappa shape index (κ2) is 6.94. The highest BCUT2D eigenvalue weighted by molar-refractivity contribution is 6.32. The number of ether oxygens (including phenoxy) is 2. The van der Waals surface area contributed by atoms with Crippen molar-refractivity contribution in [3.05, 3.63) is 41.4 Å². The van der Waals surface area contributed by atoms with Crippen LogP contribution >= 0.6 is 11.6 Å². The topological polar surface area (TPSA) is 59.2 Å². The van der Waals surface area contributed by atoms with Crippen LogP contribution in [0.15, 0.2) is 36.4 Å². The number of benzene rings is 2. The number of methoxy groups -OCH3 is 1. The number of nitrogens with zero attached hydrogens (tertiary/aromatic N) is 1. The van der Waals surface area contributed by atoms with Crippen LogP contribution in [0, 0.1) is 0 Å². The lowest BCUT2D eigenvalue weighted by Gasteiger charge is -2.24. The number of fused-ring (bicyclic) bond motifs is 1. The summed E-state index contributed by atoms with van der Waals surface area (Å²) < 4.78 is 10.7. The van der Waals surface area contributed by atoms with E-state index < -0.39 is 0 Å². The summed E-state index contributed by atoms with van der Waals surface area (Å²) in [6.45, 7) is 1.59. The normalized spacial score (nSPS) is 15.4. The van der Waals surface area contributed by atoms with Gasteiger partial charge < -0.3 is 14.8 Å². The number of nitrogens with one attached hydrogen (secondary N) is 2. The SMILES string of the molecule is COc1ccc(-c2n[nH]c3c(NC4CCOCC4)cc(Cl)cc23)cc1. The fourth-order valence-electron chi connectivity index (χ4n) is 3.23. The van der Waals surface area contributed by atoms with Gasteiger partial charge in [-0.3, -0.25) is 5.10 Å². The van der Waals surface area contributed by atoms with Crippen LogP contribution in [-0.4, -0.2) is 36.6 Å². The van der Waals surface area contributed by atoms with Crippen LogP contribution < -0.4 is 10.1 Å². The molecule has 130 valence electrons. The minimum atomic E-state index is 0.392. The number of aromatic amines is 1. The van der Waals surface area contributed by atoms with Gasteiger partial charge >= 0.3 is 0 Å². The quantitative estimate of drug-likeness (QED) is 0.722. The number of rotatable bonds is 4. The Morgan fingerprint density at radius 1 is 1.20 bits per heavy atom. The molecular weight excluding hydrogens is 338 g/mol. The van der Waals surface area contributed by atoms with E-state index >= 15 is 0 Å². The molecular formula is C19H20ClN3O2. The van der Waals surface area contributed by atoms with E-state index in [1.807, 2.05) is 36.4 Å². The maximum absolute atomic E-state index is 6.38. The smallest absolute Gasteiger partial charge is 0.118 e. The molecule has 5 nitrogen and oxygen atoms in total. The molecule has 1 saturated heterocycles. The Bertz CT molecular complexity index is 870. The van der Waals surface area contributed by atoms with E-state index in [0.29, 0.717) is 11.1 Å². The first kappa shape index (κ1) is 16.2. The molecule has 1 fully saturated rings. The standard InChI is InChI=1S/C19H20ClN3O2/c1-24-15-4-2-12(3-5-15)18-16-10-13(20)11-17(19(16)23-22-18)21-14-6-8-25-9-7-14/h2-5,10-11,14,21H,6-9H2,1H3,(H,22,23). The second-order valence-electron chi connectivity index (χ2n) is 6.21. The summed E-state index contributed by atoms with van der Waals surface area (Å²) in [6.07, 6.45) is 1.99. The molecule has 0 bridgehead atoms. The first-order chi connectivity index (χ1) is 12.2. The molecule has 2 aromatic carbocycles. The van der Waals surface area contributed by atoms with Crippen LogP contribution in [-0.2, 0) is 4.74 Å². The summed E-state index contributed by atoms with van der Waals surface area (Å²) in [4.78, 5) is 0. The van der Waals surface area contributed by atoms with E-state index in [9.17, 15) is 0 Å². The Morgan fingerprint density at radius 3 is 2.68 bits per heavy atom. The van der Waals surface area contributed by atoms with Gasteiger partial charge in [0.2, 0.25) is 0 Å². The maximum Gasteiger partial charge on any atom is 0.118 e. The van der Waals surface area contributed by atoms with Crippen LogP contribution in [0.2, 0.25) is 5.02 Å². The number of anilines is 1. The number of H-pyrrole nitrogens is 1. The molecule has 2 heterocycles. The summed E-state index contributed by atoms with van der Waals surface area (Å²) in [5.74, 6) is 0.823.